The third-order valence-corrected chi connectivity index (χ3v) is 12.2. The summed E-state index contributed by atoms with van der Waals surface area (Å²) in [5.41, 5.74) is 0. The highest BCUT2D eigenvalue weighted by atomic mass is 16.8. The van der Waals surface area contributed by atoms with Crippen LogP contribution < -0.4 is 0 Å². The SMILES string of the molecule is CCCCCCCCCOC1CCC(=O)C(OCCCCCCCCC)(OCCCCCCCCC)C1(OCCCCCCCCC)OCCCCCCCCC. The molecule has 0 aromatic heterocycles. The van der Waals surface area contributed by atoms with Crippen LogP contribution in [0.5, 0.6) is 0 Å². The van der Waals surface area contributed by atoms with Gasteiger partial charge in [0, 0.05) is 13.0 Å². The predicted molar refractivity (Wildman–Crippen MR) is 243 cm³/mol. The molecule has 1 atom stereocenters. The standard InChI is InChI=1S/C51H100O6/c1-6-11-16-21-26-31-36-43-53-49-42-41-48(52)50(54-44-37-32-27-22-17-12-7-2,55-45-38-33-28-23-18-13-8-3)51(49,56-46-39-34-29-24-19-14-9-4)57-47-40-35-30-25-20-15-10-5/h49H,6-47H2,1-5H3. The monoisotopic (exact) mass is 809 g/mol. The van der Waals surface area contributed by atoms with Crippen LogP contribution in [0.2, 0.25) is 0 Å². The number of carbonyl (C=O) groups is 1. The van der Waals surface area contributed by atoms with Gasteiger partial charge in [0.15, 0.2) is 5.78 Å². The summed E-state index contributed by atoms with van der Waals surface area (Å²) in [6.07, 6.45) is 42.5. The Labute approximate surface area is 356 Å². The first kappa shape index (κ1) is 54.5. The van der Waals surface area contributed by atoms with E-state index in [0.29, 0.717) is 45.9 Å². The van der Waals surface area contributed by atoms with E-state index >= 15 is 0 Å². The summed E-state index contributed by atoms with van der Waals surface area (Å²) in [4.78, 5) is 14.7. The van der Waals surface area contributed by atoms with Crippen molar-refractivity contribution in [2.75, 3.05) is 33.0 Å². The van der Waals surface area contributed by atoms with Crippen LogP contribution in [0.4, 0.5) is 0 Å². The zero-order chi connectivity index (χ0) is 41.4. The van der Waals surface area contributed by atoms with Gasteiger partial charge in [0.05, 0.1) is 26.4 Å². The van der Waals surface area contributed by atoms with Gasteiger partial charge in [-0.05, 0) is 38.5 Å². The highest BCUT2D eigenvalue weighted by molar-refractivity contribution is 5.88. The number of carbonyl (C=O) groups excluding carboxylic acids is 1. The van der Waals surface area contributed by atoms with Crippen molar-refractivity contribution in [1.82, 2.24) is 0 Å². The van der Waals surface area contributed by atoms with Crippen LogP contribution in [0.1, 0.15) is 272 Å². The van der Waals surface area contributed by atoms with Crippen molar-refractivity contribution in [2.45, 2.75) is 290 Å². The van der Waals surface area contributed by atoms with E-state index < -0.39 is 17.7 Å². The number of hydrogen-bond donors (Lipinski definition) is 0. The fraction of sp³-hybridized carbons (Fsp3) is 0.980. The first-order chi connectivity index (χ1) is 28.1. The highest BCUT2D eigenvalue weighted by Crippen LogP contribution is 2.45. The largest absolute Gasteiger partial charge is 0.372 e. The van der Waals surface area contributed by atoms with E-state index in [4.69, 9.17) is 23.7 Å². The fourth-order valence-corrected chi connectivity index (χ4v) is 8.44. The van der Waals surface area contributed by atoms with E-state index in [9.17, 15) is 4.79 Å². The number of ketones is 1. The second kappa shape index (κ2) is 39.6. The molecule has 0 aliphatic heterocycles. The minimum Gasteiger partial charge on any atom is -0.372 e. The van der Waals surface area contributed by atoms with E-state index in [-0.39, 0.29) is 5.78 Å². The predicted octanol–water partition coefficient (Wildman–Crippen LogP) is 15.9. The minimum atomic E-state index is -1.62. The van der Waals surface area contributed by atoms with Crippen LogP contribution in [0.25, 0.3) is 0 Å². The van der Waals surface area contributed by atoms with Crippen molar-refractivity contribution in [1.29, 1.82) is 0 Å². The summed E-state index contributed by atoms with van der Waals surface area (Å²) in [6.45, 7) is 13.9. The van der Waals surface area contributed by atoms with Gasteiger partial charge in [-0.1, -0.05) is 227 Å². The lowest BCUT2D eigenvalue weighted by molar-refractivity contribution is -0.424. The Kier molecular flexibility index (Phi) is 37.9. The molecule has 0 N–H and O–H groups in total. The maximum atomic E-state index is 14.7. The molecule has 0 radical (unpaired) electrons. The molecule has 340 valence electrons. The molecule has 1 aliphatic carbocycles. The molecule has 0 aromatic carbocycles. The Bertz CT molecular complexity index is 808. The second-order valence-electron chi connectivity index (χ2n) is 17.6. The van der Waals surface area contributed by atoms with Crippen molar-refractivity contribution < 1.29 is 28.5 Å². The third kappa shape index (κ3) is 25.1. The normalized spacial score (nSPS) is 16.5. The maximum absolute atomic E-state index is 14.7. The van der Waals surface area contributed by atoms with Crippen LogP contribution in [-0.4, -0.2) is 56.5 Å². The van der Waals surface area contributed by atoms with E-state index in [2.05, 4.69) is 34.6 Å². The van der Waals surface area contributed by atoms with Crippen LogP contribution in [0, 0.1) is 0 Å². The molecule has 0 saturated heterocycles. The summed E-state index contributed by atoms with van der Waals surface area (Å²) in [5.74, 6) is -3.07. The molecule has 1 saturated carbocycles. The molecule has 0 amide bonds. The van der Waals surface area contributed by atoms with Gasteiger partial charge in [-0.2, -0.15) is 0 Å². The Hall–Kier alpha value is -0.530. The molecule has 1 aliphatic rings. The van der Waals surface area contributed by atoms with Gasteiger partial charge in [-0.3, -0.25) is 4.79 Å². The topological polar surface area (TPSA) is 63.2 Å². The Balaban J connectivity index is 3.37. The van der Waals surface area contributed by atoms with Crippen molar-refractivity contribution in [2.24, 2.45) is 0 Å². The first-order valence-corrected chi connectivity index (χ1v) is 25.8. The quantitative estimate of drug-likeness (QED) is 0.0451. The first-order valence-electron chi connectivity index (χ1n) is 25.8. The molecule has 6 heteroatoms. The number of ether oxygens (including phenoxy) is 5. The molecule has 6 nitrogen and oxygen atoms in total. The molecule has 0 bridgehead atoms. The van der Waals surface area contributed by atoms with Crippen LogP contribution >= 0.6 is 0 Å². The Morgan fingerprint density at radius 2 is 0.632 bits per heavy atom. The Morgan fingerprint density at radius 1 is 0.368 bits per heavy atom. The number of rotatable bonds is 45. The van der Waals surface area contributed by atoms with Gasteiger partial charge in [0.25, 0.3) is 11.6 Å². The van der Waals surface area contributed by atoms with Crippen molar-refractivity contribution in [3.05, 3.63) is 0 Å². The summed E-state index contributed by atoms with van der Waals surface area (Å²) in [5, 5.41) is 0. The lowest BCUT2D eigenvalue weighted by Crippen LogP contribution is -2.73. The van der Waals surface area contributed by atoms with E-state index in [1.54, 1.807) is 0 Å². The summed E-state index contributed by atoms with van der Waals surface area (Å²) in [6, 6.07) is 0. The van der Waals surface area contributed by atoms with Crippen LogP contribution in [0.3, 0.4) is 0 Å². The van der Waals surface area contributed by atoms with E-state index in [1.807, 2.05) is 0 Å². The van der Waals surface area contributed by atoms with Gasteiger partial charge in [0.2, 0.25) is 0 Å². The van der Waals surface area contributed by atoms with Crippen molar-refractivity contribution >= 4 is 5.78 Å². The molecular weight excluding hydrogens is 709 g/mol. The lowest BCUT2D eigenvalue weighted by Gasteiger charge is -2.53. The molecule has 1 rings (SSSR count). The molecule has 0 heterocycles. The fourth-order valence-electron chi connectivity index (χ4n) is 8.44. The minimum absolute atomic E-state index is 0.0247. The van der Waals surface area contributed by atoms with Crippen LogP contribution in [0.15, 0.2) is 0 Å². The molecular formula is C51H100O6. The van der Waals surface area contributed by atoms with Gasteiger partial charge >= 0.3 is 0 Å². The average molecular weight is 809 g/mol. The van der Waals surface area contributed by atoms with Crippen LogP contribution in [-0.2, 0) is 28.5 Å². The van der Waals surface area contributed by atoms with Gasteiger partial charge in [0.1, 0.15) is 6.10 Å². The zero-order valence-electron chi connectivity index (χ0n) is 39.2. The Morgan fingerprint density at radius 3 is 0.947 bits per heavy atom. The molecule has 0 spiro atoms. The zero-order valence-corrected chi connectivity index (χ0v) is 39.2. The van der Waals surface area contributed by atoms with E-state index in [0.717, 1.165) is 64.2 Å². The smallest absolute Gasteiger partial charge is 0.287 e. The number of Topliss-reactive ketones (excluding diaryl/α,β-unsaturated/α-hetero) is 1. The van der Waals surface area contributed by atoms with Crippen molar-refractivity contribution in [3.8, 4) is 0 Å². The summed E-state index contributed by atoms with van der Waals surface area (Å²) in [7, 11) is 0. The van der Waals surface area contributed by atoms with Crippen molar-refractivity contribution in [3.63, 3.8) is 0 Å². The summed E-state index contributed by atoms with van der Waals surface area (Å²) < 4.78 is 35.0. The summed E-state index contributed by atoms with van der Waals surface area (Å²) >= 11 is 0. The number of unbranched alkanes of at least 4 members (excludes halogenated alkanes) is 30. The van der Waals surface area contributed by atoms with Gasteiger partial charge in [-0.15, -0.1) is 0 Å². The van der Waals surface area contributed by atoms with E-state index in [1.165, 1.54) is 161 Å². The molecule has 0 aromatic rings. The molecule has 57 heavy (non-hydrogen) atoms. The molecule has 1 fully saturated rings. The van der Waals surface area contributed by atoms with Gasteiger partial charge in [-0.25, -0.2) is 0 Å². The third-order valence-electron chi connectivity index (χ3n) is 12.2. The highest BCUT2D eigenvalue weighted by Gasteiger charge is 2.68. The molecule has 1 unspecified atom stereocenters. The van der Waals surface area contributed by atoms with Gasteiger partial charge < -0.3 is 23.7 Å². The number of hydrogen-bond acceptors (Lipinski definition) is 6. The lowest BCUT2D eigenvalue weighted by atomic mass is 9.83. The second-order valence-corrected chi connectivity index (χ2v) is 17.6. The average Bonchev–Trinajstić information content (AvgIpc) is 3.22. The maximum Gasteiger partial charge on any atom is 0.287 e.